The van der Waals surface area contributed by atoms with Crippen molar-refractivity contribution in [3.05, 3.63) is 0 Å². The van der Waals surface area contributed by atoms with Gasteiger partial charge in [0.1, 0.15) is 6.61 Å². The number of rotatable bonds is 4. The zero-order valence-electron chi connectivity index (χ0n) is 7.00. The van der Waals surface area contributed by atoms with E-state index in [4.69, 9.17) is 5.11 Å². The van der Waals surface area contributed by atoms with E-state index in [1.807, 2.05) is 0 Å². The zero-order valence-corrected chi connectivity index (χ0v) is 7.00. The highest BCUT2D eigenvalue weighted by Gasteiger charge is 2.14. The van der Waals surface area contributed by atoms with Crippen LogP contribution < -0.4 is 0 Å². The van der Waals surface area contributed by atoms with E-state index in [0.717, 1.165) is 0 Å². The number of aliphatic carboxylic acids is 1. The van der Waals surface area contributed by atoms with Crippen LogP contribution in [-0.2, 0) is 9.63 Å². The number of hydrogen-bond acceptors (Lipinski definition) is 3. The molecule has 0 aliphatic rings. The smallest absolute Gasteiger partial charge is 0.353 e. The molecule has 0 amide bonds. The molecule has 0 saturated heterocycles. The van der Waals surface area contributed by atoms with E-state index in [1.54, 1.807) is 20.8 Å². The molecule has 4 heteroatoms. The molecule has 0 aromatic carbocycles. The SMILES string of the molecule is CCO/N=C(/C(=O)O)C(C)C. The van der Waals surface area contributed by atoms with Gasteiger partial charge in [-0.15, -0.1) is 0 Å². The summed E-state index contributed by atoms with van der Waals surface area (Å²) in [6.45, 7) is 5.66. The van der Waals surface area contributed by atoms with Crippen molar-refractivity contribution < 1.29 is 14.7 Å². The average Bonchev–Trinajstić information content (AvgIpc) is 1.87. The Morgan fingerprint density at radius 1 is 1.64 bits per heavy atom. The third kappa shape index (κ3) is 3.60. The summed E-state index contributed by atoms with van der Waals surface area (Å²) in [5, 5.41) is 12.0. The largest absolute Gasteiger partial charge is 0.477 e. The summed E-state index contributed by atoms with van der Waals surface area (Å²) in [6, 6.07) is 0. The fourth-order valence-corrected chi connectivity index (χ4v) is 0.525. The van der Waals surface area contributed by atoms with Crippen LogP contribution in [0.5, 0.6) is 0 Å². The Balaban J connectivity index is 4.21. The molecular formula is C7H13NO3. The fraction of sp³-hybridized carbons (Fsp3) is 0.714. The molecule has 0 bridgehead atoms. The first-order valence-electron chi connectivity index (χ1n) is 3.52. The highest BCUT2D eigenvalue weighted by atomic mass is 16.6. The van der Waals surface area contributed by atoms with Gasteiger partial charge < -0.3 is 9.94 Å². The molecule has 0 aromatic rings. The minimum absolute atomic E-state index is 0.0619. The number of oxime groups is 1. The molecule has 0 aliphatic heterocycles. The fourth-order valence-electron chi connectivity index (χ4n) is 0.525. The first kappa shape index (κ1) is 9.94. The first-order chi connectivity index (χ1) is 5.09. The maximum atomic E-state index is 10.4. The molecule has 0 fully saturated rings. The monoisotopic (exact) mass is 159 g/mol. The van der Waals surface area contributed by atoms with Gasteiger partial charge in [-0.05, 0) is 6.92 Å². The van der Waals surface area contributed by atoms with Crippen molar-refractivity contribution in [2.45, 2.75) is 20.8 Å². The van der Waals surface area contributed by atoms with Gasteiger partial charge in [-0.2, -0.15) is 0 Å². The molecule has 0 heterocycles. The Morgan fingerprint density at radius 3 is 2.45 bits per heavy atom. The predicted octanol–water partition coefficient (Wildman–Crippen LogP) is 1.12. The molecule has 0 saturated carbocycles. The lowest BCUT2D eigenvalue weighted by Crippen LogP contribution is -2.19. The number of nitrogens with zero attached hydrogens (tertiary/aromatic N) is 1. The normalized spacial score (nSPS) is 11.8. The molecule has 11 heavy (non-hydrogen) atoms. The van der Waals surface area contributed by atoms with Crippen molar-refractivity contribution >= 4 is 11.7 Å². The van der Waals surface area contributed by atoms with Crippen LogP contribution in [0.1, 0.15) is 20.8 Å². The van der Waals surface area contributed by atoms with Crippen LogP contribution in [0.2, 0.25) is 0 Å². The number of hydrogen-bond donors (Lipinski definition) is 1. The summed E-state index contributed by atoms with van der Waals surface area (Å²) in [5.41, 5.74) is 0.0619. The Morgan fingerprint density at radius 2 is 2.18 bits per heavy atom. The average molecular weight is 159 g/mol. The molecule has 0 aromatic heterocycles. The van der Waals surface area contributed by atoms with Crippen molar-refractivity contribution in [1.29, 1.82) is 0 Å². The molecule has 1 N–H and O–H groups in total. The molecule has 0 radical (unpaired) electrons. The maximum Gasteiger partial charge on any atom is 0.353 e. The van der Waals surface area contributed by atoms with E-state index in [9.17, 15) is 4.79 Å². The summed E-state index contributed by atoms with van der Waals surface area (Å²) < 4.78 is 0. The molecule has 0 atom stereocenters. The van der Waals surface area contributed by atoms with Gasteiger partial charge in [0.15, 0.2) is 5.71 Å². The molecule has 0 aliphatic carbocycles. The topological polar surface area (TPSA) is 58.9 Å². The first-order valence-corrected chi connectivity index (χ1v) is 3.52. The molecule has 0 unspecified atom stereocenters. The van der Waals surface area contributed by atoms with Gasteiger partial charge in [-0.25, -0.2) is 4.79 Å². The molecular weight excluding hydrogens is 146 g/mol. The van der Waals surface area contributed by atoms with Gasteiger partial charge in [0, 0.05) is 5.92 Å². The predicted molar refractivity (Wildman–Crippen MR) is 41.5 cm³/mol. The zero-order chi connectivity index (χ0) is 8.85. The van der Waals surface area contributed by atoms with E-state index < -0.39 is 5.97 Å². The summed E-state index contributed by atoms with van der Waals surface area (Å²) in [4.78, 5) is 15.1. The third-order valence-electron chi connectivity index (χ3n) is 1.06. The summed E-state index contributed by atoms with van der Waals surface area (Å²) in [6.07, 6.45) is 0. The standard InChI is InChI=1S/C7H13NO3/c1-4-11-8-6(5(2)3)7(9)10/h5H,4H2,1-3H3,(H,9,10)/b8-6+. The highest BCUT2D eigenvalue weighted by molar-refractivity contribution is 6.36. The lowest BCUT2D eigenvalue weighted by Gasteiger charge is -2.02. The summed E-state index contributed by atoms with van der Waals surface area (Å²) in [5.74, 6) is -1.13. The van der Waals surface area contributed by atoms with Crippen LogP contribution in [0.4, 0.5) is 0 Å². The lowest BCUT2D eigenvalue weighted by atomic mass is 10.1. The number of carbonyl (C=O) groups is 1. The van der Waals surface area contributed by atoms with Crippen LogP contribution in [0, 0.1) is 5.92 Å². The molecule has 4 nitrogen and oxygen atoms in total. The number of carboxylic acids is 1. The van der Waals surface area contributed by atoms with Crippen LogP contribution in [-0.4, -0.2) is 23.4 Å². The second-order valence-corrected chi connectivity index (χ2v) is 2.35. The van der Waals surface area contributed by atoms with Gasteiger partial charge in [-0.3, -0.25) is 0 Å². The molecule has 0 spiro atoms. The second kappa shape index (κ2) is 4.71. The van der Waals surface area contributed by atoms with Gasteiger partial charge >= 0.3 is 5.97 Å². The second-order valence-electron chi connectivity index (χ2n) is 2.35. The lowest BCUT2D eigenvalue weighted by molar-refractivity contribution is -0.129. The van der Waals surface area contributed by atoms with Gasteiger partial charge in [0.25, 0.3) is 0 Å². The van der Waals surface area contributed by atoms with E-state index in [2.05, 4.69) is 9.99 Å². The number of carboxylic acid groups (broad SMARTS) is 1. The van der Waals surface area contributed by atoms with E-state index in [0.29, 0.717) is 6.61 Å². The van der Waals surface area contributed by atoms with Gasteiger partial charge in [0.05, 0.1) is 0 Å². The van der Waals surface area contributed by atoms with Crippen LogP contribution in [0.15, 0.2) is 5.16 Å². The van der Waals surface area contributed by atoms with Crippen molar-refractivity contribution in [3.8, 4) is 0 Å². The van der Waals surface area contributed by atoms with Crippen LogP contribution >= 0.6 is 0 Å². The van der Waals surface area contributed by atoms with Crippen molar-refractivity contribution in [2.24, 2.45) is 11.1 Å². The van der Waals surface area contributed by atoms with Crippen molar-refractivity contribution in [1.82, 2.24) is 0 Å². The van der Waals surface area contributed by atoms with Crippen LogP contribution in [0.25, 0.3) is 0 Å². The Kier molecular flexibility index (Phi) is 4.26. The van der Waals surface area contributed by atoms with E-state index in [1.165, 1.54) is 0 Å². The minimum atomic E-state index is -1.02. The summed E-state index contributed by atoms with van der Waals surface area (Å²) >= 11 is 0. The molecule has 64 valence electrons. The quantitative estimate of drug-likeness (QED) is 0.494. The Bertz CT molecular complexity index is 163. The van der Waals surface area contributed by atoms with Crippen molar-refractivity contribution in [3.63, 3.8) is 0 Å². The minimum Gasteiger partial charge on any atom is -0.477 e. The van der Waals surface area contributed by atoms with E-state index >= 15 is 0 Å². The van der Waals surface area contributed by atoms with Gasteiger partial charge in [0.2, 0.25) is 0 Å². The van der Waals surface area contributed by atoms with E-state index in [-0.39, 0.29) is 11.6 Å². The third-order valence-corrected chi connectivity index (χ3v) is 1.06. The van der Waals surface area contributed by atoms with Crippen molar-refractivity contribution in [2.75, 3.05) is 6.61 Å². The Hall–Kier alpha value is -1.06. The maximum absolute atomic E-state index is 10.4. The molecule has 0 rings (SSSR count). The summed E-state index contributed by atoms with van der Waals surface area (Å²) in [7, 11) is 0. The Labute approximate surface area is 65.8 Å². The van der Waals surface area contributed by atoms with Gasteiger partial charge in [-0.1, -0.05) is 19.0 Å². The highest BCUT2D eigenvalue weighted by Crippen LogP contribution is 1.97. The van der Waals surface area contributed by atoms with Crippen LogP contribution in [0.3, 0.4) is 0 Å².